The molecule has 0 atom stereocenters. The summed E-state index contributed by atoms with van der Waals surface area (Å²) < 4.78 is 0. The molecular formula is C10H8N2O2. The number of rotatable bonds is 3. The van der Waals surface area contributed by atoms with Crippen LogP contribution >= 0.6 is 0 Å². The van der Waals surface area contributed by atoms with Crippen LogP contribution in [0.4, 0.5) is 0 Å². The Labute approximate surface area is 80.8 Å². The number of ketones is 1. The topological polar surface area (TPSA) is 70.5 Å². The largest absolute Gasteiger partial charge is 0.401 e. The van der Waals surface area contributed by atoms with Crippen LogP contribution in [0.5, 0.6) is 0 Å². The summed E-state index contributed by atoms with van der Waals surface area (Å²) in [5.74, 6) is -0.581. The van der Waals surface area contributed by atoms with Crippen molar-refractivity contribution >= 4 is 17.8 Å². The van der Waals surface area contributed by atoms with Crippen molar-refractivity contribution in [2.24, 2.45) is 0 Å². The molecule has 0 N–H and O–H groups in total. The summed E-state index contributed by atoms with van der Waals surface area (Å²) in [5.41, 5.74) is 9.19. The molecule has 70 valence electrons. The number of carbonyl (C=O) groups is 2. The van der Waals surface area contributed by atoms with Crippen LogP contribution in [-0.2, 0) is 4.79 Å². The van der Waals surface area contributed by atoms with Gasteiger partial charge < -0.3 is 5.53 Å². The van der Waals surface area contributed by atoms with Gasteiger partial charge >= 0.3 is 5.71 Å². The van der Waals surface area contributed by atoms with E-state index in [2.05, 4.69) is 4.79 Å². The minimum atomic E-state index is -0.581. The van der Waals surface area contributed by atoms with Gasteiger partial charge in [-0.3, -0.25) is 9.59 Å². The highest BCUT2D eigenvalue weighted by Gasteiger charge is 2.20. The molecular weight excluding hydrogens is 180 g/mol. The van der Waals surface area contributed by atoms with E-state index in [0.717, 1.165) is 5.56 Å². The number of hydrogen-bond acceptors (Lipinski definition) is 2. The van der Waals surface area contributed by atoms with E-state index in [-0.39, 0.29) is 6.29 Å². The summed E-state index contributed by atoms with van der Waals surface area (Å²) in [6.45, 7) is 1.88. The Balaban J connectivity index is 3.07. The van der Waals surface area contributed by atoms with E-state index in [9.17, 15) is 9.59 Å². The van der Waals surface area contributed by atoms with Crippen molar-refractivity contribution in [3.63, 3.8) is 0 Å². The molecule has 0 radical (unpaired) electrons. The van der Waals surface area contributed by atoms with Crippen molar-refractivity contribution in [3.8, 4) is 0 Å². The van der Waals surface area contributed by atoms with Gasteiger partial charge in [0.15, 0.2) is 0 Å². The summed E-state index contributed by atoms with van der Waals surface area (Å²) in [5, 5.41) is 0. The summed E-state index contributed by atoms with van der Waals surface area (Å²) in [6.07, 6.45) is 0.224. The second-order valence-electron chi connectivity index (χ2n) is 2.80. The Morgan fingerprint density at radius 3 is 2.36 bits per heavy atom. The molecule has 14 heavy (non-hydrogen) atoms. The first-order valence-electron chi connectivity index (χ1n) is 3.97. The SMILES string of the molecule is Cc1ccc(C(=O)C(C=O)=[N+]=[N-])cc1. The normalized spacial score (nSPS) is 8.93. The highest BCUT2D eigenvalue weighted by molar-refractivity contribution is 6.61. The van der Waals surface area contributed by atoms with Crippen molar-refractivity contribution in [2.75, 3.05) is 0 Å². The maximum atomic E-state index is 11.4. The lowest BCUT2D eigenvalue weighted by atomic mass is 10.1. The van der Waals surface area contributed by atoms with Crippen molar-refractivity contribution in [3.05, 3.63) is 40.9 Å². The van der Waals surface area contributed by atoms with Gasteiger partial charge in [0, 0.05) is 5.56 Å². The van der Waals surface area contributed by atoms with E-state index in [0.29, 0.717) is 5.56 Å². The maximum absolute atomic E-state index is 11.4. The quantitative estimate of drug-likeness (QED) is 0.177. The van der Waals surface area contributed by atoms with E-state index >= 15 is 0 Å². The third-order valence-corrected chi connectivity index (χ3v) is 1.77. The fourth-order valence-corrected chi connectivity index (χ4v) is 0.975. The number of hydrogen-bond donors (Lipinski definition) is 0. The van der Waals surface area contributed by atoms with Gasteiger partial charge in [-0.15, -0.1) is 0 Å². The molecule has 4 heteroatoms. The minimum Gasteiger partial charge on any atom is -0.360 e. The van der Waals surface area contributed by atoms with Crippen LogP contribution in [0.3, 0.4) is 0 Å². The lowest BCUT2D eigenvalue weighted by Crippen LogP contribution is -2.16. The zero-order valence-corrected chi connectivity index (χ0v) is 7.60. The smallest absolute Gasteiger partial charge is 0.360 e. The molecule has 1 aromatic rings. The van der Waals surface area contributed by atoms with Gasteiger partial charge in [-0.25, -0.2) is 0 Å². The van der Waals surface area contributed by atoms with E-state index < -0.39 is 11.5 Å². The first-order valence-corrected chi connectivity index (χ1v) is 3.97. The predicted molar refractivity (Wildman–Crippen MR) is 50.2 cm³/mol. The molecule has 0 fully saturated rings. The van der Waals surface area contributed by atoms with Gasteiger partial charge in [0.25, 0.3) is 5.78 Å². The molecule has 1 aromatic carbocycles. The van der Waals surface area contributed by atoms with E-state index in [1.54, 1.807) is 24.3 Å². The molecule has 0 heterocycles. The Morgan fingerprint density at radius 2 is 1.93 bits per heavy atom. The number of nitrogens with zero attached hydrogens (tertiary/aromatic N) is 2. The second-order valence-corrected chi connectivity index (χ2v) is 2.80. The number of aldehydes is 1. The highest BCUT2D eigenvalue weighted by atomic mass is 16.1. The first-order chi connectivity index (χ1) is 6.69. The van der Waals surface area contributed by atoms with Crippen molar-refractivity contribution in [1.29, 1.82) is 0 Å². The average Bonchev–Trinajstić information content (AvgIpc) is 2.20. The number of carbonyl (C=O) groups excluding carboxylic acids is 2. The van der Waals surface area contributed by atoms with Gasteiger partial charge in [-0.2, -0.15) is 4.79 Å². The third kappa shape index (κ3) is 2.00. The molecule has 0 aliphatic rings. The van der Waals surface area contributed by atoms with E-state index in [1.807, 2.05) is 6.92 Å². The third-order valence-electron chi connectivity index (χ3n) is 1.77. The molecule has 0 amide bonds. The lowest BCUT2D eigenvalue weighted by molar-refractivity contribution is -0.106. The van der Waals surface area contributed by atoms with Crippen LogP contribution in [0.1, 0.15) is 15.9 Å². The molecule has 0 spiro atoms. The molecule has 0 aliphatic carbocycles. The summed E-state index contributed by atoms with van der Waals surface area (Å²) in [7, 11) is 0. The Morgan fingerprint density at radius 1 is 1.36 bits per heavy atom. The standard InChI is InChI=1S/C10H8N2O2/c1-7-2-4-8(5-3-7)10(14)9(6-13)12-11/h2-6H,1H3. The van der Waals surface area contributed by atoms with Crippen LogP contribution in [0, 0.1) is 6.92 Å². The molecule has 1 rings (SSSR count). The van der Waals surface area contributed by atoms with Gasteiger partial charge in [0.05, 0.1) is 0 Å². The molecule has 0 aliphatic heterocycles. The monoisotopic (exact) mass is 188 g/mol. The van der Waals surface area contributed by atoms with Crippen LogP contribution in [-0.4, -0.2) is 22.6 Å². The Kier molecular flexibility index (Phi) is 3.05. The zero-order chi connectivity index (χ0) is 10.6. The maximum Gasteiger partial charge on any atom is 0.401 e. The van der Waals surface area contributed by atoms with Crippen molar-refractivity contribution < 1.29 is 14.4 Å². The van der Waals surface area contributed by atoms with Crippen LogP contribution in [0.25, 0.3) is 5.53 Å². The summed E-state index contributed by atoms with van der Waals surface area (Å²) in [6, 6.07) is 6.64. The fourth-order valence-electron chi connectivity index (χ4n) is 0.975. The van der Waals surface area contributed by atoms with Gasteiger partial charge in [0.1, 0.15) is 0 Å². The van der Waals surface area contributed by atoms with Crippen molar-refractivity contribution in [1.82, 2.24) is 0 Å². The van der Waals surface area contributed by atoms with E-state index in [4.69, 9.17) is 5.53 Å². The Hall–Kier alpha value is -2.06. The van der Waals surface area contributed by atoms with Crippen molar-refractivity contribution in [2.45, 2.75) is 6.92 Å². The van der Waals surface area contributed by atoms with Gasteiger partial charge in [-0.1, -0.05) is 29.8 Å². The van der Waals surface area contributed by atoms with Gasteiger partial charge in [0.2, 0.25) is 6.29 Å². The van der Waals surface area contributed by atoms with Crippen LogP contribution in [0.2, 0.25) is 0 Å². The summed E-state index contributed by atoms with van der Waals surface area (Å²) >= 11 is 0. The highest BCUT2D eigenvalue weighted by Crippen LogP contribution is 2.03. The number of benzene rings is 1. The lowest BCUT2D eigenvalue weighted by Gasteiger charge is -1.94. The first kappa shape index (κ1) is 10.0. The molecule has 0 aromatic heterocycles. The van der Waals surface area contributed by atoms with E-state index in [1.165, 1.54) is 0 Å². The van der Waals surface area contributed by atoms with Crippen LogP contribution in [0.15, 0.2) is 24.3 Å². The Bertz CT molecular complexity index is 414. The molecule has 0 bridgehead atoms. The molecule has 0 saturated carbocycles. The van der Waals surface area contributed by atoms with Crippen LogP contribution < -0.4 is 0 Å². The fraction of sp³-hybridized carbons (Fsp3) is 0.100. The molecule has 4 nitrogen and oxygen atoms in total. The zero-order valence-electron chi connectivity index (χ0n) is 7.60. The number of Topliss-reactive ketones (excluding diaryl/α,β-unsaturated/α-hetero) is 1. The molecule has 0 saturated heterocycles. The minimum absolute atomic E-state index is 0.224. The van der Waals surface area contributed by atoms with Gasteiger partial charge in [-0.05, 0) is 6.92 Å². The summed E-state index contributed by atoms with van der Waals surface area (Å²) in [4.78, 5) is 24.3. The predicted octanol–water partition coefficient (Wildman–Crippen LogP) is 1.05. The average molecular weight is 188 g/mol. The second kappa shape index (κ2) is 4.25. The number of aryl methyl sites for hydroxylation is 1. The molecule has 0 unspecified atom stereocenters.